The summed E-state index contributed by atoms with van der Waals surface area (Å²) < 4.78 is 34.6. The number of aromatic hydroxyl groups is 1. The van der Waals surface area contributed by atoms with Gasteiger partial charge < -0.3 is 30.4 Å². The van der Waals surface area contributed by atoms with Gasteiger partial charge in [0.15, 0.2) is 17.1 Å². The summed E-state index contributed by atoms with van der Waals surface area (Å²) in [6, 6.07) is 20.5. The lowest BCUT2D eigenvalue weighted by atomic mass is 9.94. The molecule has 2 aliphatic heterocycles. The van der Waals surface area contributed by atoms with Gasteiger partial charge in [0.05, 0.1) is 43.4 Å². The van der Waals surface area contributed by atoms with E-state index in [0.717, 1.165) is 5.56 Å². The van der Waals surface area contributed by atoms with Gasteiger partial charge in [-0.05, 0) is 115 Å². The summed E-state index contributed by atoms with van der Waals surface area (Å²) in [7, 11) is 0. The van der Waals surface area contributed by atoms with Crippen molar-refractivity contribution in [2.24, 2.45) is 0 Å². The van der Waals surface area contributed by atoms with Crippen LogP contribution >= 0.6 is 23.2 Å². The summed E-state index contributed by atoms with van der Waals surface area (Å²) in [5, 5.41) is 11.6. The topological polar surface area (TPSA) is 202 Å². The maximum absolute atomic E-state index is 16.5. The number of aryl methyl sites for hydroxylation is 1. The van der Waals surface area contributed by atoms with Gasteiger partial charge >= 0.3 is 11.4 Å². The van der Waals surface area contributed by atoms with E-state index >= 15 is 8.78 Å². The number of benzene rings is 3. The SMILES string of the molecule is C=CC(=O)N1CCN(c2nc(=O)n(-c3c(C)cc(/C=C\C(=O)N4CCN(c5nc(=O)n(-c6ccccc6C(C)C)c6nc(-c7c(O)cccc7F)c(Cl)cc56)CC4)cc3C(C)C)c3nc(-c4nc(N)ccc4Cl)c(F)cc23)[C@@H](C)C1. The van der Waals surface area contributed by atoms with Gasteiger partial charge in [0.2, 0.25) is 11.8 Å². The van der Waals surface area contributed by atoms with Crippen LogP contribution in [0.4, 0.5) is 26.2 Å². The molecule has 10 rings (SSSR count). The Morgan fingerprint density at radius 1 is 0.713 bits per heavy atom. The number of piperazine rings is 2. The lowest BCUT2D eigenvalue weighted by Gasteiger charge is -2.40. The van der Waals surface area contributed by atoms with Gasteiger partial charge in [-0.25, -0.2) is 42.5 Å². The second-order valence-corrected chi connectivity index (χ2v) is 21.3. The Hall–Kier alpha value is -8.55. The molecule has 410 valence electrons. The number of rotatable bonds is 11. The van der Waals surface area contributed by atoms with Gasteiger partial charge in [-0.15, -0.1) is 0 Å². The Morgan fingerprint density at radius 2 is 1.38 bits per heavy atom. The van der Waals surface area contributed by atoms with Crippen molar-refractivity contribution >= 4 is 80.6 Å². The van der Waals surface area contributed by atoms with Crippen molar-refractivity contribution < 1.29 is 23.5 Å². The fraction of sp³-hybridized carbons (Fsp3) is 0.271. The average Bonchev–Trinajstić information content (AvgIpc) is 3.44. The molecule has 21 heteroatoms. The Morgan fingerprint density at radius 3 is 2.08 bits per heavy atom. The van der Waals surface area contributed by atoms with E-state index in [9.17, 15) is 24.3 Å². The van der Waals surface area contributed by atoms with Crippen molar-refractivity contribution in [2.75, 3.05) is 61.3 Å². The summed E-state index contributed by atoms with van der Waals surface area (Å²) in [6.45, 7) is 17.3. The van der Waals surface area contributed by atoms with Crippen LogP contribution < -0.4 is 26.9 Å². The minimum atomic E-state index is -0.772. The zero-order chi connectivity index (χ0) is 57.0. The molecule has 2 aliphatic rings. The van der Waals surface area contributed by atoms with Gasteiger partial charge in [-0.1, -0.05) is 81.7 Å². The van der Waals surface area contributed by atoms with E-state index < -0.39 is 23.0 Å². The normalized spacial score (nSPS) is 15.1. The molecule has 1 atom stereocenters. The second-order valence-electron chi connectivity index (χ2n) is 20.5. The Labute approximate surface area is 468 Å². The number of hydrogen-bond donors (Lipinski definition) is 2. The molecule has 0 aliphatic carbocycles. The number of aromatic nitrogens is 7. The van der Waals surface area contributed by atoms with Gasteiger partial charge in [0.25, 0.3) is 0 Å². The number of carbonyl (C=O) groups excluding carboxylic acids is 2. The van der Waals surface area contributed by atoms with Crippen LogP contribution in [0, 0.1) is 18.6 Å². The highest BCUT2D eigenvalue weighted by Crippen LogP contribution is 2.40. The average molecular weight is 1120 g/mol. The first-order chi connectivity index (χ1) is 38.2. The van der Waals surface area contributed by atoms with E-state index in [4.69, 9.17) is 38.9 Å². The summed E-state index contributed by atoms with van der Waals surface area (Å²) in [6.07, 6.45) is 4.45. The zero-order valence-electron chi connectivity index (χ0n) is 44.7. The van der Waals surface area contributed by atoms with Crippen LogP contribution in [0.5, 0.6) is 5.75 Å². The van der Waals surface area contributed by atoms with E-state index in [1.807, 2.05) is 75.6 Å². The number of nitrogens with two attached hydrogens (primary N) is 1. The van der Waals surface area contributed by atoms with Crippen molar-refractivity contribution in [1.82, 2.24) is 43.9 Å². The van der Waals surface area contributed by atoms with Crippen molar-refractivity contribution in [2.45, 2.75) is 59.4 Å². The van der Waals surface area contributed by atoms with Crippen LogP contribution in [0.25, 0.3) is 62.2 Å². The van der Waals surface area contributed by atoms with Gasteiger partial charge in [-0.2, -0.15) is 9.97 Å². The molecule has 0 saturated carbocycles. The molecule has 3 N–H and O–H groups in total. The summed E-state index contributed by atoms with van der Waals surface area (Å²) >= 11 is 13.4. The number of phenolic OH excluding ortho intramolecular Hbond substituents is 1. The van der Waals surface area contributed by atoms with E-state index in [2.05, 4.69) is 21.5 Å². The Balaban J connectivity index is 0.972. The third-order valence-electron chi connectivity index (χ3n) is 14.6. The molecule has 5 aromatic heterocycles. The molecule has 3 aromatic carbocycles. The molecule has 0 spiro atoms. The Bertz CT molecular complexity index is 3990. The van der Waals surface area contributed by atoms with E-state index in [0.29, 0.717) is 53.1 Å². The zero-order valence-corrected chi connectivity index (χ0v) is 46.2. The molecule has 7 heterocycles. The number of nitrogen functional groups attached to an aromatic ring is 1. The Kier molecular flexibility index (Phi) is 15.0. The number of halogens is 4. The number of amides is 2. The predicted molar refractivity (Wildman–Crippen MR) is 309 cm³/mol. The number of hydrogen-bond acceptors (Lipinski definition) is 13. The highest BCUT2D eigenvalue weighted by atomic mass is 35.5. The van der Waals surface area contributed by atoms with Crippen molar-refractivity contribution in [3.63, 3.8) is 0 Å². The third kappa shape index (κ3) is 10.1. The van der Waals surface area contributed by atoms with Crippen molar-refractivity contribution in [3.05, 3.63) is 162 Å². The number of nitrogens with zero attached hydrogens (tertiary/aromatic N) is 11. The summed E-state index contributed by atoms with van der Waals surface area (Å²) in [5.41, 5.74) is 8.34. The number of phenols is 1. The smallest absolute Gasteiger partial charge is 0.355 e. The molecule has 0 bridgehead atoms. The second kappa shape index (κ2) is 21.9. The molecule has 2 amide bonds. The largest absolute Gasteiger partial charge is 0.507 e. The standard InChI is InChI=1S/C59H56Cl2F2N12O5/c1-8-47(77)72-24-25-73(34(7)30-72)55-39-29-43(63)52(51-40(60)17-18-46(64)65-51)67-57(39)75(59(80)69-55)53-33(6)26-35(27-37(53)32(4)5)16-19-48(78)70-20-22-71(23-21-70)54-38-28-41(61)50(49-42(62)13-11-15-45(49)76)66-56(38)74(58(79)68-54)44-14-10-9-12-36(44)31(2)3/h8-19,26-29,31-32,34,76H,1,20-25,30H2,2-7H3,(H2,64,65)/b19-16-/t34-/m0/s1. The molecule has 8 aromatic rings. The quantitative estimate of drug-likeness (QED) is 0.116. The van der Waals surface area contributed by atoms with Crippen LogP contribution in [0.3, 0.4) is 0 Å². The van der Waals surface area contributed by atoms with E-state index in [1.54, 1.807) is 34.1 Å². The number of fused-ring (bicyclic) bond motifs is 2. The van der Waals surface area contributed by atoms with Crippen LogP contribution in [-0.4, -0.2) is 113 Å². The van der Waals surface area contributed by atoms with Crippen LogP contribution in [0.15, 0.2) is 107 Å². The highest BCUT2D eigenvalue weighted by molar-refractivity contribution is 6.34. The van der Waals surface area contributed by atoms with Crippen LogP contribution in [0.1, 0.15) is 68.7 Å². The monoisotopic (exact) mass is 1120 g/mol. The van der Waals surface area contributed by atoms with Crippen molar-refractivity contribution in [3.8, 4) is 39.8 Å². The molecular formula is C59H56Cl2F2N12O5. The molecule has 2 saturated heterocycles. The number of pyridine rings is 3. The fourth-order valence-electron chi connectivity index (χ4n) is 10.7. The molecule has 80 heavy (non-hydrogen) atoms. The minimum absolute atomic E-state index is 0.00393. The lowest BCUT2D eigenvalue weighted by molar-refractivity contribution is -0.127. The van der Waals surface area contributed by atoms with E-state index in [1.165, 1.54) is 57.7 Å². The number of anilines is 3. The molecular weight excluding hydrogens is 1070 g/mol. The molecule has 0 unspecified atom stereocenters. The van der Waals surface area contributed by atoms with Gasteiger partial charge in [0, 0.05) is 57.9 Å². The maximum Gasteiger partial charge on any atom is 0.355 e. The van der Waals surface area contributed by atoms with Gasteiger partial charge in [-0.3, -0.25) is 9.59 Å². The molecule has 17 nitrogen and oxygen atoms in total. The first-order valence-corrected chi connectivity index (χ1v) is 26.8. The summed E-state index contributed by atoms with van der Waals surface area (Å²) in [4.78, 5) is 85.9. The van der Waals surface area contributed by atoms with Crippen LogP contribution in [0.2, 0.25) is 10.0 Å². The number of para-hydroxylation sites is 1. The van der Waals surface area contributed by atoms with Gasteiger partial charge in [0.1, 0.15) is 40.4 Å². The van der Waals surface area contributed by atoms with Crippen LogP contribution in [-0.2, 0) is 9.59 Å². The maximum atomic E-state index is 16.5. The predicted octanol–water partition coefficient (Wildman–Crippen LogP) is 9.62. The van der Waals surface area contributed by atoms with E-state index in [-0.39, 0.29) is 128 Å². The lowest BCUT2D eigenvalue weighted by Crippen LogP contribution is -2.54. The first kappa shape index (κ1) is 54.8. The molecule has 0 radical (unpaired) electrons. The number of carbonyl (C=O) groups is 2. The summed E-state index contributed by atoms with van der Waals surface area (Å²) in [5.74, 6) is -2.01. The third-order valence-corrected chi connectivity index (χ3v) is 15.2. The highest BCUT2D eigenvalue weighted by Gasteiger charge is 2.32. The van der Waals surface area contributed by atoms with Crippen molar-refractivity contribution in [1.29, 1.82) is 0 Å². The first-order valence-electron chi connectivity index (χ1n) is 26.1. The minimum Gasteiger partial charge on any atom is -0.507 e. The molecule has 2 fully saturated rings. The fourth-order valence-corrected chi connectivity index (χ4v) is 11.1.